The van der Waals surface area contributed by atoms with Crippen molar-refractivity contribution in [3.8, 4) is 0 Å². The first-order valence-corrected chi connectivity index (χ1v) is 6.56. The molecule has 1 aromatic heterocycles. The lowest BCUT2D eigenvalue weighted by atomic mass is 9.92. The van der Waals surface area contributed by atoms with E-state index < -0.39 is 0 Å². The Morgan fingerprint density at radius 3 is 2.94 bits per heavy atom. The molecule has 3 N–H and O–H groups in total. The number of aliphatic imine (C=N–C) groups is 1. The van der Waals surface area contributed by atoms with Crippen molar-refractivity contribution in [2.75, 3.05) is 6.54 Å². The third-order valence-corrected chi connectivity index (χ3v) is 4.00. The quantitative estimate of drug-likeness (QED) is 0.622. The molecule has 1 heterocycles. The van der Waals surface area contributed by atoms with E-state index in [1.54, 1.807) is 11.3 Å². The average Bonchev–Trinajstić information content (AvgIpc) is 2.86. The molecule has 1 aromatic rings. The van der Waals surface area contributed by atoms with Crippen molar-refractivity contribution < 1.29 is 0 Å². The number of hydrogen-bond donors (Lipinski definition) is 2. The zero-order chi connectivity index (χ0) is 11.6. The molecule has 0 radical (unpaired) electrons. The van der Waals surface area contributed by atoms with Crippen LogP contribution in [0.4, 0.5) is 0 Å². The summed E-state index contributed by atoms with van der Waals surface area (Å²) in [6, 6.07) is 4.82. The van der Waals surface area contributed by atoms with Gasteiger partial charge < -0.3 is 11.1 Å². The van der Waals surface area contributed by atoms with E-state index in [-0.39, 0.29) is 5.41 Å². The van der Waals surface area contributed by atoms with Gasteiger partial charge in [-0.05, 0) is 24.3 Å². The van der Waals surface area contributed by atoms with Crippen LogP contribution in [0.5, 0.6) is 0 Å². The van der Waals surface area contributed by atoms with Gasteiger partial charge in [-0.1, -0.05) is 19.9 Å². The topological polar surface area (TPSA) is 50.4 Å². The third-order valence-electron chi connectivity index (χ3n) is 2.76. The van der Waals surface area contributed by atoms with Gasteiger partial charge in [-0.25, -0.2) is 0 Å². The molecule has 88 valence electrons. The van der Waals surface area contributed by atoms with Crippen LogP contribution in [0, 0.1) is 0 Å². The standard InChI is InChI=1S/C12H19N3S/c1-12(2,10-4-3-7-16-10)8-14-11(13)15-9-5-6-9/h3-4,7,9H,5-6,8H2,1-2H3,(H3,13,14,15). The Bertz CT molecular complexity index is 364. The molecule has 1 aliphatic rings. The van der Waals surface area contributed by atoms with Crippen LogP contribution in [0.2, 0.25) is 0 Å². The Kier molecular flexibility index (Phi) is 3.19. The van der Waals surface area contributed by atoms with Gasteiger partial charge in [-0.2, -0.15) is 0 Å². The molecule has 0 aromatic carbocycles. The average molecular weight is 237 g/mol. The fraction of sp³-hybridized carbons (Fsp3) is 0.583. The molecule has 0 saturated heterocycles. The van der Waals surface area contributed by atoms with E-state index in [1.165, 1.54) is 17.7 Å². The highest BCUT2D eigenvalue weighted by molar-refractivity contribution is 7.10. The molecule has 0 atom stereocenters. The highest BCUT2D eigenvalue weighted by atomic mass is 32.1. The molecule has 2 rings (SSSR count). The first kappa shape index (κ1) is 11.5. The second kappa shape index (κ2) is 4.45. The molecule has 0 aliphatic heterocycles. The number of nitrogens with one attached hydrogen (secondary N) is 1. The minimum Gasteiger partial charge on any atom is -0.370 e. The van der Waals surface area contributed by atoms with E-state index in [4.69, 9.17) is 5.73 Å². The van der Waals surface area contributed by atoms with E-state index >= 15 is 0 Å². The highest BCUT2D eigenvalue weighted by Gasteiger charge is 2.23. The van der Waals surface area contributed by atoms with Crippen LogP contribution in [0.1, 0.15) is 31.6 Å². The molecule has 4 heteroatoms. The first-order chi connectivity index (χ1) is 7.58. The third kappa shape index (κ3) is 2.98. The molecule has 3 nitrogen and oxygen atoms in total. The first-order valence-electron chi connectivity index (χ1n) is 5.68. The zero-order valence-corrected chi connectivity index (χ0v) is 10.7. The Labute approximate surface area is 101 Å². The number of rotatable bonds is 4. The second-order valence-electron chi connectivity index (χ2n) is 4.98. The smallest absolute Gasteiger partial charge is 0.188 e. The van der Waals surface area contributed by atoms with Gasteiger partial charge in [0, 0.05) is 16.3 Å². The zero-order valence-electron chi connectivity index (χ0n) is 9.86. The molecule has 0 amide bonds. The molecular weight excluding hydrogens is 218 g/mol. The summed E-state index contributed by atoms with van der Waals surface area (Å²) in [4.78, 5) is 5.78. The number of guanidine groups is 1. The lowest BCUT2D eigenvalue weighted by molar-refractivity contribution is 0.550. The summed E-state index contributed by atoms with van der Waals surface area (Å²) in [5.74, 6) is 0.590. The van der Waals surface area contributed by atoms with Gasteiger partial charge in [0.05, 0.1) is 6.54 Å². The van der Waals surface area contributed by atoms with Gasteiger partial charge in [0.2, 0.25) is 0 Å². The van der Waals surface area contributed by atoms with E-state index in [0.717, 1.165) is 6.54 Å². The van der Waals surface area contributed by atoms with Gasteiger partial charge in [-0.15, -0.1) is 11.3 Å². The molecule has 1 aliphatic carbocycles. The van der Waals surface area contributed by atoms with Gasteiger partial charge in [0.1, 0.15) is 0 Å². The van der Waals surface area contributed by atoms with Crippen LogP contribution in [-0.4, -0.2) is 18.5 Å². The fourth-order valence-electron chi connectivity index (χ4n) is 1.51. The summed E-state index contributed by atoms with van der Waals surface area (Å²) in [5, 5.41) is 5.31. The number of nitrogens with zero attached hydrogens (tertiary/aromatic N) is 1. The Morgan fingerprint density at radius 1 is 1.62 bits per heavy atom. The van der Waals surface area contributed by atoms with Crippen LogP contribution >= 0.6 is 11.3 Å². The predicted octanol–water partition coefficient (Wildman–Crippen LogP) is 2.09. The van der Waals surface area contributed by atoms with Crippen molar-refractivity contribution in [2.24, 2.45) is 10.7 Å². The number of nitrogens with two attached hydrogens (primary N) is 1. The van der Waals surface area contributed by atoms with E-state index in [9.17, 15) is 0 Å². The number of hydrogen-bond acceptors (Lipinski definition) is 2. The molecule has 0 bridgehead atoms. The summed E-state index contributed by atoms with van der Waals surface area (Å²) >= 11 is 1.78. The number of thiophene rings is 1. The summed E-state index contributed by atoms with van der Waals surface area (Å²) in [5.41, 5.74) is 5.89. The maximum absolute atomic E-state index is 5.82. The molecular formula is C12H19N3S. The Balaban J connectivity index is 1.92. The largest absolute Gasteiger partial charge is 0.370 e. The maximum Gasteiger partial charge on any atom is 0.188 e. The summed E-state index contributed by atoms with van der Waals surface area (Å²) in [6.45, 7) is 5.14. The van der Waals surface area contributed by atoms with Crippen molar-refractivity contribution in [1.29, 1.82) is 0 Å². The van der Waals surface area contributed by atoms with Crippen molar-refractivity contribution in [3.63, 3.8) is 0 Å². The fourth-order valence-corrected chi connectivity index (χ4v) is 2.35. The molecule has 0 spiro atoms. The minimum atomic E-state index is 0.0734. The predicted molar refractivity (Wildman–Crippen MR) is 70.0 cm³/mol. The second-order valence-corrected chi connectivity index (χ2v) is 5.93. The van der Waals surface area contributed by atoms with Crippen LogP contribution in [0.25, 0.3) is 0 Å². The molecule has 1 fully saturated rings. The van der Waals surface area contributed by atoms with Crippen LogP contribution in [0.15, 0.2) is 22.5 Å². The molecule has 0 unspecified atom stereocenters. The van der Waals surface area contributed by atoms with Crippen LogP contribution in [-0.2, 0) is 5.41 Å². The highest BCUT2D eigenvalue weighted by Crippen LogP contribution is 2.27. The summed E-state index contributed by atoms with van der Waals surface area (Å²) < 4.78 is 0. The van der Waals surface area contributed by atoms with Gasteiger partial charge >= 0.3 is 0 Å². The molecule has 16 heavy (non-hydrogen) atoms. The Morgan fingerprint density at radius 2 is 2.38 bits per heavy atom. The van der Waals surface area contributed by atoms with Crippen LogP contribution < -0.4 is 11.1 Å². The lowest BCUT2D eigenvalue weighted by Gasteiger charge is -2.20. The van der Waals surface area contributed by atoms with Crippen molar-refractivity contribution >= 4 is 17.3 Å². The van der Waals surface area contributed by atoms with E-state index in [1.807, 2.05) is 0 Å². The van der Waals surface area contributed by atoms with Crippen molar-refractivity contribution in [3.05, 3.63) is 22.4 Å². The van der Waals surface area contributed by atoms with E-state index in [0.29, 0.717) is 12.0 Å². The molecule has 1 saturated carbocycles. The Hall–Kier alpha value is -1.03. The van der Waals surface area contributed by atoms with Crippen molar-refractivity contribution in [1.82, 2.24) is 5.32 Å². The van der Waals surface area contributed by atoms with Crippen LogP contribution in [0.3, 0.4) is 0 Å². The normalized spacial score (nSPS) is 17.5. The SMILES string of the molecule is CC(C)(CN=C(N)NC1CC1)c1cccs1. The van der Waals surface area contributed by atoms with Crippen molar-refractivity contribution in [2.45, 2.75) is 38.1 Å². The minimum absolute atomic E-state index is 0.0734. The maximum atomic E-state index is 5.82. The van der Waals surface area contributed by atoms with E-state index in [2.05, 4.69) is 41.7 Å². The monoisotopic (exact) mass is 237 g/mol. The lowest BCUT2D eigenvalue weighted by Crippen LogP contribution is -2.35. The van der Waals surface area contributed by atoms with Gasteiger partial charge in [0.25, 0.3) is 0 Å². The summed E-state index contributed by atoms with van der Waals surface area (Å²) in [6.07, 6.45) is 2.45. The van der Waals surface area contributed by atoms with Gasteiger partial charge in [0.15, 0.2) is 5.96 Å². The summed E-state index contributed by atoms with van der Waals surface area (Å²) in [7, 11) is 0. The van der Waals surface area contributed by atoms with Gasteiger partial charge in [-0.3, -0.25) is 4.99 Å².